The number of ether oxygens (including phenoxy) is 2. The van der Waals surface area contributed by atoms with E-state index in [1.54, 1.807) is 30.5 Å². The molecule has 0 unspecified atom stereocenters. The van der Waals surface area contributed by atoms with Crippen LogP contribution in [-0.4, -0.2) is 12.1 Å². The minimum absolute atomic E-state index is 0.250. The quantitative estimate of drug-likeness (QED) is 0.180. The number of hydrogen-bond donors (Lipinski definition) is 1. The zero-order chi connectivity index (χ0) is 24.5. The molecule has 1 amide bonds. The number of hydrogen-bond acceptors (Lipinski definition) is 4. The summed E-state index contributed by atoms with van der Waals surface area (Å²) in [6.07, 6.45) is 1.57. The molecule has 0 aliphatic carbocycles. The number of rotatable bonds is 9. The Balaban J connectivity index is 1.35. The van der Waals surface area contributed by atoms with Gasteiger partial charge in [-0.2, -0.15) is 5.10 Å². The predicted octanol–water partition coefficient (Wildman–Crippen LogP) is 7.02. The fourth-order valence-electron chi connectivity index (χ4n) is 3.21. The van der Waals surface area contributed by atoms with Gasteiger partial charge in [0.15, 0.2) is 0 Å². The number of para-hydroxylation sites is 1. The van der Waals surface area contributed by atoms with Gasteiger partial charge in [-0.15, -0.1) is 0 Å². The molecule has 35 heavy (non-hydrogen) atoms. The van der Waals surface area contributed by atoms with Crippen molar-refractivity contribution in [3.05, 3.63) is 129 Å². The summed E-state index contributed by atoms with van der Waals surface area (Å²) in [5.74, 6) is 0.781. The highest BCUT2D eigenvalue weighted by atomic mass is 79.9. The van der Waals surface area contributed by atoms with Crippen LogP contribution in [0.5, 0.6) is 11.5 Å². The molecule has 1 N–H and O–H groups in total. The Morgan fingerprint density at radius 3 is 2.49 bits per heavy atom. The number of benzene rings is 4. The summed E-state index contributed by atoms with van der Waals surface area (Å²) in [5.41, 5.74) is 5.63. The lowest BCUT2D eigenvalue weighted by molar-refractivity contribution is 0.0950. The Bertz CT molecular complexity index is 1330. The van der Waals surface area contributed by atoms with Crippen LogP contribution in [0.15, 0.2) is 107 Å². The number of hydrazone groups is 1. The summed E-state index contributed by atoms with van der Waals surface area (Å²) < 4.78 is 12.7. The van der Waals surface area contributed by atoms with E-state index in [9.17, 15) is 4.79 Å². The molecule has 0 aliphatic rings. The molecule has 0 bridgehead atoms. The third-order valence-electron chi connectivity index (χ3n) is 5.03. The zero-order valence-electron chi connectivity index (χ0n) is 18.7. The lowest BCUT2D eigenvalue weighted by atomic mass is 10.2. The second-order valence-electron chi connectivity index (χ2n) is 7.56. The van der Waals surface area contributed by atoms with E-state index in [0.717, 1.165) is 21.2 Å². The largest absolute Gasteiger partial charge is 0.489 e. The van der Waals surface area contributed by atoms with Crippen molar-refractivity contribution < 1.29 is 14.3 Å². The molecule has 4 rings (SSSR count). The monoisotopic (exact) mass is 548 g/mol. The molecule has 0 radical (unpaired) electrons. The SMILES string of the molecule is O=C(N/N=C/c1cccc(OCc2ccc(Br)cc2)c1)c1ccccc1OCc1ccccc1Cl. The minimum Gasteiger partial charge on any atom is -0.489 e. The molecule has 5 nitrogen and oxygen atoms in total. The Morgan fingerprint density at radius 1 is 0.886 bits per heavy atom. The van der Waals surface area contributed by atoms with Gasteiger partial charge in [-0.3, -0.25) is 4.79 Å². The average molecular weight is 550 g/mol. The number of amides is 1. The zero-order valence-corrected chi connectivity index (χ0v) is 21.0. The van der Waals surface area contributed by atoms with Gasteiger partial charge in [0.05, 0.1) is 11.8 Å². The second kappa shape index (κ2) is 12.2. The van der Waals surface area contributed by atoms with Gasteiger partial charge in [0.2, 0.25) is 0 Å². The summed E-state index contributed by atoms with van der Waals surface area (Å²) in [6.45, 7) is 0.704. The van der Waals surface area contributed by atoms with Crippen molar-refractivity contribution in [3.8, 4) is 11.5 Å². The van der Waals surface area contributed by atoms with Crippen molar-refractivity contribution in [2.24, 2.45) is 5.10 Å². The Morgan fingerprint density at radius 2 is 1.66 bits per heavy atom. The van der Waals surface area contributed by atoms with E-state index in [-0.39, 0.29) is 12.5 Å². The fraction of sp³-hybridized carbons (Fsp3) is 0.0714. The first kappa shape index (κ1) is 24.5. The van der Waals surface area contributed by atoms with Crippen LogP contribution in [0.25, 0.3) is 0 Å². The predicted molar refractivity (Wildman–Crippen MR) is 142 cm³/mol. The summed E-state index contributed by atoms with van der Waals surface area (Å²) in [7, 11) is 0. The summed E-state index contributed by atoms with van der Waals surface area (Å²) in [5, 5.41) is 4.71. The van der Waals surface area contributed by atoms with Crippen molar-refractivity contribution in [2.45, 2.75) is 13.2 Å². The van der Waals surface area contributed by atoms with Crippen LogP contribution in [0.3, 0.4) is 0 Å². The van der Waals surface area contributed by atoms with Crippen LogP contribution in [0.1, 0.15) is 27.0 Å². The Labute approximate surface area is 217 Å². The smallest absolute Gasteiger partial charge is 0.275 e. The number of nitrogens with zero attached hydrogens (tertiary/aromatic N) is 1. The van der Waals surface area contributed by atoms with Crippen LogP contribution in [0, 0.1) is 0 Å². The van der Waals surface area contributed by atoms with Gasteiger partial charge in [0, 0.05) is 15.1 Å². The van der Waals surface area contributed by atoms with E-state index in [0.29, 0.717) is 28.7 Å². The molecule has 0 heterocycles. The molecule has 4 aromatic rings. The first-order valence-electron chi connectivity index (χ1n) is 10.8. The van der Waals surface area contributed by atoms with Gasteiger partial charge < -0.3 is 9.47 Å². The maximum Gasteiger partial charge on any atom is 0.275 e. The molecule has 0 saturated heterocycles. The van der Waals surface area contributed by atoms with Gasteiger partial charge in [-0.25, -0.2) is 5.43 Å². The third kappa shape index (κ3) is 7.18. The van der Waals surface area contributed by atoms with Crippen molar-refractivity contribution in [1.82, 2.24) is 5.43 Å². The van der Waals surface area contributed by atoms with Crippen LogP contribution in [0.2, 0.25) is 5.02 Å². The van der Waals surface area contributed by atoms with Gasteiger partial charge in [0.1, 0.15) is 24.7 Å². The van der Waals surface area contributed by atoms with Crippen molar-refractivity contribution in [3.63, 3.8) is 0 Å². The van der Waals surface area contributed by atoms with Gasteiger partial charge in [-0.1, -0.05) is 82.1 Å². The van der Waals surface area contributed by atoms with Crippen molar-refractivity contribution in [2.75, 3.05) is 0 Å². The lowest BCUT2D eigenvalue weighted by Gasteiger charge is -2.11. The van der Waals surface area contributed by atoms with E-state index in [1.165, 1.54) is 0 Å². The molecule has 0 spiro atoms. The lowest BCUT2D eigenvalue weighted by Crippen LogP contribution is -2.18. The highest BCUT2D eigenvalue weighted by molar-refractivity contribution is 9.10. The molecular weight excluding hydrogens is 528 g/mol. The summed E-state index contributed by atoms with van der Waals surface area (Å²) >= 11 is 9.62. The van der Waals surface area contributed by atoms with Crippen molar-refractivity contribution >= 4 is 39.7 Å². The maximum absolute atomic E-state index is 12.7. The first-order chi connectivity index (χ1) is 17.1. The molecule has 0 fully saturated rings. The van der Waals surface area contributed by atoms with Gasteiger partial charge in [-0.05, 0) is 53.6 Å². The van der Waals surface area contributed by atoms with Gasteiger partial charge >= 0.3 is 0 Å². The maximum atomic E-state index is 12.7. The molecule has 4 aromatic carbocycles. The van der Waals surface area contributed by atoms with Crippen LogP contribution in [-0.2, 0) is 13.2 Å². The number of halogens is 2. The van der Waals surface area contributed by atoms with Crippen LogP contribution >= 0.6 is 27.5 Å². The molecule has 0 aromatic heterocycles. The van der Waals surface area contributed by atoms with E-state index in [2.05, 4.69) is 26.5 Å². The van der Waals surface area contributed by atoms with Gasteiger partial charge in [0.25, 0.3) is 5.91 Å². The first-order valence-corrected chi connectivity index (χ1v) is 12.0. The Hall–Kier alpha value is -3.61. The fourth-order valence-corrected chi connectivity index (χ4v) is 3.66. The topological polar surface area (TPSA) is 59.9 Å². The molecule has 176 valence electrons. The third-order valence-corrected chi connectivity index (χ3v) is 5.93. The van der Waals surface area contributed by atoms with Crippen molar-refractivity contribution in [1.29, 1.82) is 0 Å². The highest BCUT2D eigenvalue weighted by Gasteiger charge is 2.12. The normalized spacial score (nSPS) is 10.8. The molecule has 0 atom stereocenters. The van der Waals surface area contributed by atoms with E-state index >= 15 is 0 Å². The highest BCUT2D eigenvalue weighted by Crippen LogP contribution is 2.22. The minimum atomic E-state index is -0.376. The Kier molecular flexibility index (Phi) is 8.54. The van der Waals surface area contributed by atoms with E-state index < -0.39 is 0 Å². The second-order valence-corrected chi connectivity index (χ2v) is 8.89. The summed E-state index contributed by atoms with van der Waals surface area (Å²) in [6, 6.07) is 29.9. The van der Waals surface area contributed by atoms with E-state index in [4.69, 9.17) is 21.1 Å². The molecular formula is C28H22BrClN2O3. The van der Waals surface area contributed by atoms with Crippen LogP contribution < -0.4 is 14.9 Å². The molecule has 7 heteroatoms. The molecule has 0 saturated carbocycles. The van der Waals surface area contributed by atoms with E-state index in [1.807, 2.05) is 72.8 Å². The molecule has 0 aliphatic heterocycles. The number of carbonyl (C=O) groups is 1. The standard InChI is InChI=1S/C28H22BrClN2O3/c29-23-14-12-20(13-15-23)18-34-24-8-5-6-21(16-24)17-31-32-28(33)25-9-2-4-11-27(25)35-19-22-7-1-3-10-26(22)30/h1-17H,18-19H2,(H,32,33)/b31-17+. The number of nitrogens with one attached hydrogen (secondary N) is 1. The van der Waals surface area contributed by atoms with Crippen LogP contribution in [0.4, 0.5) is 0 Å². The summed E-state index contributed by atoms with van der Waals surface area (Å²) in [4.78, 5) is 12.7. The average Bonchev–Trinajstić information content (AvgIpc) is 2.88. The number of carbonyl (C=O) groups excluding carboxylic acids is 1.